The summed E-state index contributed by atoms with van der Waals surface area (Å²) in [5, 5.41) is 9.80. The number of anilines is 2. The van der Waals surface area contributed by atoms with Gasteiger partial charge in [-0.15, -0.1) is 0 Å². The molecule has 0 bridgehead atoms. The summed E-state index contributed by atoms with van der Waals surface area (Å²) in [6.45, 7) is 0.831. The lowest BCUT2D eigenvalue weighted by atomic mass is 10.3. The molecule has 0 aliphatic heterocycles. The first kappa shape index (κ1) is 10.4. The van der Waals surface area contributed by atoms with Crippen LogP contribution >= 0.6 is 0 Å². The van der Waals surface area contributed by atoms with Crippen LogP contribution in [-0.2, 0) is 6.42 Å². The van der Waals surface area contributed by atoms with Gasteiger partial charge in [0.15, 0.2) is 0 Å². The molecule has 6 heteroatoms. The fourth-order valence-electron chi connectivity index (χ4n) is 1.37. The van der Waals surface area contributed by atoms with Crippen molar-refractivity contribution in [2.45, 2.75) is 12.8 Å². The molecule has 84 valence electrons. The quantitative estimate of drug-likeness (QED) is 0.646. The summed E-state index contributed by atoms with van der Waals surface area (Å²) in [6.07, 6.45) is 5.04. The standard InChI is InChI=1S/C10H14N6/c11-8-3-5-13-10(6-8)12-4-1-2-9-14-7-15-16-9/h3,5-7H,1-2,4H2,(H3,11,12,13)(H,14,15,16). The zero-order valence-corrected chi connectivity index (χ0v) is 8.85. The van der Waals surface area contributed by atoms with Crippen LogP contribution in [0.5, 0.6) is 0 Å². The Kier molecular flexibility index (Phi) is 3.32. The van der Waals surface area contributed by atoms with Crippen LogP contribution in [0.4, 0.5) is 11.5 Å². The number of aromatic nitrogens is 4. The molecule has 0 unspecified atom stereocenters. The van der Waals surface area contributed by atoms with Crippen molar-refractivity contribution >= 4 is 11.5 Å². The molecule has 0 radical (unpaired) electrons. The predicted molar refractivity (Wildman–Crippen MR) is 61.8 cm³/mol. The number of hydrogen-bond acceptors (Lipinski definition) is 5. The van der Waals surface area contributed by atoms with Crippen molar-refractivity contribution in [3.63, 3.8) is 0 Å². The Morgan fingerprint density at radius 1 is 1.38 bits per heavy atom. The largest absolute Gasteiger partial charge is 0.399 e. The van der Waals surface area contributed by atoms with Gasteiger partial charge < -0.3 is 11.1 Å². The van der Waals surface area contributed by atoms with Crippen LogP contribution in [0.15, 0.2) is 24.7 Å². The molecule has 6 nitrogen and oxygen atoms in total. The molecule has 2 rings (SSSR count). The van der Waals surface area contributed by atoms with Gasteiger partial charge >= 0.3 is 0 Å². The van der Waals surface area contributed by atoms with Gasteiger partial charge in [0.2, 0.25) is 0 Å². The highest BCUT2D eigenvalue weighted by molar-refractivity contribution is 5.48. The molecule has 2 aromatic heterocycles. The van der Waals surface area contributed by atoms with Crippen molar-refractivity contribution in [1.29, 1.82) is 0 Å². The van der Waals surface area contributed by atoms with Crippen molar-refractivity contribution in [2.24, 2.45) is 0 Å². The molecule has 0 aromatic carbocycles. The van der Waals surface area contributed by atoms with Crippen LogP contribution in [0.3, 0.4) is 0 Å². The summed E-state index contributed by atoms with van der Waals surface area (Å²) in [5.41, 5.74) is 6.35. The summed E-state index contributed by atoms with van der Waals surface area (Å²) in [5.74, 6) is 1.71. The normalized spacial score (nSPS) is 10.2. The van der Waals surface area contributed by atoms with Crippen LogP contribution < -0.4 is 11.1 Å². The van der Waals surface area contributed by atoms with E-state index in [1.54, 1.807) is 12.3 Å². The van der Waals surface area contributed by atoms with Gasteiger partial charge in [0.25, 0.3) is 0 Å². The lowest BCUT2D eigenvalue weighted by molar-refractivity contribution is 0.803. The average molecular weight is 218 g/mol. The number of nitrogen functional groups attached to an aromatic ring is 1. The molecule has 2 aromatic rings. The van der Waals surface area contributed by atoms with E-state index in [1.165, 1.54) is 6.33 Å². The molecular formula is C10H14N6. The van der Waals surface area contributed by atoms with Gasteiger partial charge in [-0.25, -0.2) is 9.97 Å². The fraction of sp³-hybridized carbons (Fsp3) is 0.300. The maximum atomic E-state index is 5.64. The van der Waals surface area contributed by atoms with E-state index >= 15 is 0 Å². The molecule has 0 fully saturated rings. The van der Waals surface area contributed by atoms with E-state index in [2.05, 4.69) is 25.5 Å². The van der Waals surface area contributed by atoms with Gasteiger partial charge in [0, 0.05) is 30.9 Å². The molecule has 0 atom stereocenters. The van der Waals surface area contributed by atoms with Crippen LogP contribution in [-0.4, -0.2) is 26.7 Å². The van der Waals surface area contributed by atoms with Crippen LogP contribution in [0.25, 0.3) is 0 Å². The maximum Gasteiger partial charge on any atom is 0.137 e. The summed E-state index contributed by atoms with van der Waals surface area (Å²) < 4.78 is 0. The highest BCUT2D eigenvalue weighted by atomic mass is 15.2. The van der Waals surface area contributed by atoms with Gasteiger partial charge in [0.1, 0.15) is 18.0 Å². The zero-order valence-electron chi connectivity index (χ0n) is 8.85. The SMILES string of the molecule is Nc1ccnc(NCCCc2ncn[nH]2)c1. The zero-order chi connectivity index (χ0) is 11.2. The maximum absolute atomic E-state index is 5.64. The number of rotatable bonds is 5. The molecule has 0 saturated heterocycles. The summed E-state index contributed by atoms with van der Waals surface area (Å²) in [4.78, 5) is 8.19. The average Bonchev–Trinajstić information content (AvgIpc) is 2.77. The molecule has 4 N–H and O–H groups in total. The smallest absolute Gasteiger partial charge is 0.137 e. The van der Waals surface area contributed by atoms with Crippen molar-refractivity contribution in [3.05, 3.63) is 30.5 Å². The third kappa shape index (κ3) is 2.94. The lowest BCUT2D eigenvalue weighted by Crippen LogP contribution is -2.05. The molecule has 2 heterocycles. The summed E-state index contributed by atoms with van der Waals surface area (Å²) in [6, 6.07) is 3.58. The minimum Gasteiger partial charge on any atom is -0.399 e. The Balaban J connectivity index is 1.72. The molecule has 16 heavy (non-hydrogen) atoms. The van der Waals surface area contributed by atoms with Crippen molar-refractivity contribution in [3.8, 4) is 0 Å². The number of pyridine rings is 1. The minimum absolute atomic E-state index is 0.715. The van der Waals surface area contributed by atoms with Gasteiger partial charge in [-0.1, -0.05) is 0 Å². The molecular weight excluding hydrogens is 204 g/mol. The van der Waals surface area contributed by atoms with Crippen LogP contribution in [0.2, 0.25) is 0 Å². The number of nitrogens with two attached hydrogens (primary N) is 1. The Labute approximate surface area is 93.3 Å². The highest BCUT2D eigenvalue weighted by Crippen LogP contribution is 2.07. The summed E-state index contributed by atoms with van der Waals surface area (Å²) in [7, 11) is 0. The Morgan fingerprint density at radius 2 is 2.31 bits per heavy atom. The van der Waals surface area contributed by atoms with E-state index in [0.717, 1.165) is 31.0 Å². The van der Waals surface area contributed by atoms with E-state index < -0.39 is 0 Å². The van der Waals surface area contributed by atoms with Crippen molar-refractivity contribution < 1.29 is 0 Å². The number of aromatic amines is 1. The fourth-order valence-corrected chi connectivity index (χ4v) is 1.37. The lowest BCUT2D eigenvalue weighted by Gasteiger charge is -2.04. The van der Waals surface area contributed by atoms with Gasteiger partial charge in [-0.05, 0) is 12.5 Å². The second-order valence-corrected chi connectivity index (χ2v) is 3.44. The van der Waals surface area contributed by atoms with E-state index in [0.29, 0.717) is 5.69 Å². The van der Waals surface area contributed by atoms with E-state index in [-0.39, 0.29) is 0 Å². The first-order chi connectivity index (χ1) is 7.84. The Hall–Kier alpha value is -2.11. The molecule has 0 aliphatic rings. The number of nitrogens with one attached hydrogen (secondary N) is 2. The van der Waals surface area contributed by atoms with Gasteiger partial charge in [-0.2, -0.15) is 5.10 Å². The first-order valence-electron chi connectivity index (χ1n) is 5.14. The molecule has 0 aliphatic carbocycles. The number of H-pyrrole nitrogens is 1. The second-order valence-electron chi connectivity index (χ2n) is 3.44. The predicted octanol–water partition coefficient (Wildman–Crippen LogP) is 0.827. The summed E-state index contributed by atoms with van der Waals surface area (Å²) >= 11 is 0. The monoisotopic (exact) mass is 218 g/mol. The van der Waals surface area contributed by atoms with Crippen molar-refractivity contribution in [2.75, 3.05) is 17.6 Å². The second kappa shape index (κ2) is 5.11. The first-order valence-corrected chi connectivity index (χ1v) is 5.14. The van der Waals surface area contributed by atoms with Crippen LogP contribution in [0.1, 0.15) is 12.2 Å². The highest BCUT2D eigenvalue weighted by Gasteiger charge is 1.96. The van der Waals surface area contributed by atoms with E-state index in [1.807, 2.05) is 6.07 Å². The minimum atomic E-state index is 0.715. The van der Waals surface area contributed by atoms with Gasteiger partial charge in [-0.3, -0.25) is 5.10 Å². The van der Waals surface area contributed by atoms with E-state index in [4.69, 9.17) is 5.73 Å². The Bertz CT molecular complexity index is 425. The molecule has 0 amide bonds. The number of hydrogen-bond donors (Lipinski definition) is 3. The Morgan fingerprint density at radius 3 is 3.06 bits per heavy atom. The topological polar surface area (TPSA) is 92.5 Å². The van der Waals surface area contributed by atoms with E-state index in [9.17, 15) is 0 Å². The molecule has 0 spiro atoms. The number of aryl methyl sites for hydroxylation is 1. The van der Waals surface area contributed by atoms with Crippen molar-refractivity contribution in [1.82, 2.24) is 20.2 Å². The van der Waals surface area contributed by atoms with Crippen LogP contribution in [0, 0.1) is 0 Å². The third-order valence-electron chi connectivity index (χ3n) is 2.15. The molecule has 0 saturated carbocycles. The third-order valence-corrected chi connectivity index (χ3v) is 2.15. The number of nitrogens with zero attached hydrogens (tertiary/aromatic N) is 3. The van der Waals surface area contributed by atoms with Gasteiger partial charge in [0.05, 0.1) is 0 Å².